The molecule has 2 unspecified atom stereocenters. The zero-order valence-corrected chi connectivity index (χ0v) is 20.0. The zero-order chi connectivity index (χ0) is 25.7. The fourth-order valence-corrected chi connectivity index (χ4v) is 6.16. The summed E-state index contributed by atoms with van der Waals surface area (Å²) in [6.45, 7) is 0.245. The third kappa shape index (κ3) is 4.30. The number of halogens is 4. The second kappa shape index (κ2) is 9.05. The van der Waals surface area contributed by atoms with Crippen molar-refractivity contribution in [1.29, 1.82) is 0 Å². The van der Waals surface area contributed by atoms with E-state index in [0.29, 0.717) is 18.4 Å². The minimum atomic E-state index is -4.74. The molecule has 3 aliphatic rings. The molecular formula is C30H25F4NO2. The van der Waals surface area contributed by atoms with E-state index in [1.165, 1.54) is 17.2 Å². The molecule has 2 heterocycles. The molecule has 3 aromatic rings. The summed E-state index contributed by atoms with van der Waals surface area (Å²) in [6.07, 6.45) is -0.649. The highest BCUT2D eigenvalue weighted by atomic mass is 19.4. The minimum Gasteiger partial charge on any atom is -0.448 e. The molecule has 0 saturated carbocycles. The van der Waals surface area contributed by atoms with E-state index in [2.05, 4.69) is 24.3 Å². The highest BCUT2D eigenvalue weighted by Crippen LogP contribution is 2.45. The molecule has 0 radical (unpaired) electrons. The Morgan fingerprint density at radius 1 is 0.946 bits per heavy atom. The van der Waals surface area contributed by atoms with Gasteiger partial charge < -0.3 is 4.74 Å². The van der Waals surface area contributed by atoms with Gasteiger partial charge in [0.15, 0.2) is 0 Å². The van der Waals surface area contributed by atoms with Crippen LogP contribution in [-0.4, -0.2) is 29.7 Å². The molecule has 2 bridgehead atoms. The number of carbonyl (C=O) groups excluding carboxylic acids is 1. The fraction of sp³-hybridized carbons (Fsp3) is 0.300. The summed E-state index contributed by atoms with van der Waals surface area (Å²) in [6, 6.07) is 19.3. The van der Waals surface area contributed by atoms with Gasteiger partial charge in [-0.2, -0.15) is 13.2 Å². The van der Waals surface area contributed by atoms with Crippen molar-refractivity contribution in [1.82, 2.24) is 4.90 Å². The molecular weight excluding hydrogens is 482 g/mol. The zero-order valence-electron chi connectivity index (χ0n) is 20.0. The molecule has 6 rings (SSSR count). The van der Waals surface area contributed by atoms with Crippen LogP contribution in [0.15, 0.2) is 78.4 Å². The first-order chi connectivity index (χ1) is 17.8. The number of ether oxygens (including phenoxy) is 1. The fourth-order valence-electron chi connectivity index (χ4n) is 6.16. The number of rotatable bonds is 4. The first-order valence-corrected chi connectivity index (χ1v) is 12.5. The molecule has 1 amide bonds. The van der Waals surface area contributed by atoms with Gasteiger partial charge >= 0.3 is 12.3 Å². The summed E-state index contributed by atoms with van der Waals surface area (Å²) in [7, 11) is 0. The Kier molecular flexibility index (Phi) is 5.81. The molecule has 3 nitrogen and oxygen atoms in total. The molecule has 0 spiro atoms. The summed E-state index contributed by atoms with van der Waals surface area (Å²) in [5.74, 6) is -1.29. The molecule has 1 fully saturated rings. The van der Waals surface area contributed by atoms with Crippen molar-refractivity contribution in [3.63, 3.8) is 0 Å². The summed E-state index contributed by atoms with van der Waals surface area (Å²) in [5, 5.41) is 0. The van der Waals surface area contributed by atoms with Crippen LogP contribution in [-0.2, 0) is 17.3 Å². The van der Waals surface area contributed by atoms with Crippen molar-refractivity contribution < 1.29 is 27.1 Å². The molecule has 3 aromatic carbocycles. The Balaban J connectivity index is 1.15. The second-order valence-corrected chi connectivity index (χ2v) is 10.0. The molecule has 37 heavy (non-hydrogen) atoms. The molecule has 190 valence electrons. The van der Waals surface area contributed by atoms with Gasteiger partial charge in [-0.3, -0.25) is 4.90 Å². The van der Waals surface area contributed by atoms with Crippen LogP contribution in [0.25, 0.3) is 11.1 Å². The van der Waals surface area contributed by atoms with Crippen LogP contribution in [0, 0.1) is 5.82 Å². The van der Waals surface area contributed by atoms with Gasteiger partial charge in [-0.25, -0.2) is 9.18 Å². The number of hydrogen-bond donors (Lipinski definition) is 0. The summed E-state index contributed by atoms with van der Waals surface area (Å²) < 4.78 is 58.9. The number of amides is 1. The largest absolute Gasteiger partial charge is 0.448 e. The van der Waals surface area contributed by atoms with Crippen molar-refractivity contribution >= 4 is 6.09 Å². The summed E-state index contributed by atoms with van der Waals surface area (Å²) in [5.41, 5.74) is 4.77. The summed E-state index contributed by atoms with van der Waals surface area (Å²) >= 11 is 0. The number of hydrogen-bond acceptors (Lipinski definition) is 2. The number of carbonyl (C=O) groups is 1. The van der Waals surface area contributed by atoms with Gasteiger partial charge in [-0.1, -0.05) is 66.2 Å². The smallest absolute Gasteiger partial charge is 0.419 e. The van der Waals surface area contributed by atoms with E-state index in [1.807, 2.05) is 30.3 Å². The molecule has 0 aromatic heterocycles. The average molecular weight is 508 g/mol. The number of alkyl halides is 3. The Labute approximate surface area is 212 Å². The van der Waals surface area contributed by atoms with Gasteiger partial charge in [-0.05, 0) is 65.6 Å². The first kappa shape index (κ1) is 23.8. The topological polar surface area (TPSA) is 29.5 Å². The second-order valence-electron chi connectivity index (χ2n) is 10.0. The van der Waals surface area contributed by atoms with Crippen LogP contribution in [0.3, 0.4) is 0 Å². The predicted molar refractivity (Wildman–Crippen MR) is 132 cm³/mol. The number of nitrogens with zero attached hydrogens (tertiary/aromatic N) is 1. The molecule has 1 saturated heterocycles. The Hall–Kier alpha value is -3.61. The van der Waals surface area contributed by atoms with Crippen LogP contribution in [0.4, 0.5) is 22.4 Å². The molecule has 2 aliphatic heterocycles. The van der Waals surface area contributed by atoms with Gasteiger partial charge in [0.2, 0.25) is 0 Å². The van der Waals surface area contributed by atoms with Crippen molar-refractivity contribution in [2.45, 2.75) is 49.9 Å². The number of fused-ring (bicyclic) bond motifs is 5. The quantitative estimate of drug-likeness (QED) is 0.270. The Morgan fingerprint density at radius 2 is 1.62 bits per heavy atom. The SMILES string of the molecule is O=C(OCC1c2ccccc2-c2ccccc21)N1C2C=C(Cc3ccc(F)c(C(F)(F)F)c3)CC1CC2. The van der Waals surface area contributed by atoms with E-state index in [9.17, 15) is 22.4 Å². The highest BCUT2D eigenvalue weighted by molar-refractivity contribution is 5.79. The van der Waals surface area contributed by atoms with Crippen LogP contribution in [0.2, 0.25) is 0 Å². The first-order valence-electron chi connectivity index (χ1n) is 12.5. The third-order valence-electron chi connectivity index (χ3n) is 7.79. The van der Waals surface area contributed by atoms with Crippen molar-refractivity contribution in [2.24, 2.45) is 0 Å². The van der Waals surface area contributed by atoms with Crippen LogP contribution < -0.4 is 0 Å². The normalized spacial score (nSPS) is 20.4. The van der Waals surface area contributed by atoms with E-state index in [1.54, 1.807) is 4.90 Å². The van der Waals surface area contributed by atoms with Gasteiger partial charge in [0.1, 0.15) is 12.4 Å². The van der Waals surface area contributed by atoms with Gasteiger partial charge in [0.25, 0.3) is 0 Å². The standard InChI is InChI=1S/C30H25F4NO2/c31-28-12-9-18(16-27(28)30(32,33)34)13-19-14-20-10-11-21(15-19)35(20)29(36)37-17-26-24-7-3-1-5-22(24)23-6-2-4-8-25(23)26/h1-9,12,14,16,20-21,26H,10-11,13,15,17H2. The maximum Gasteiger partial charge on any atom is 0.419 e. The van der Waals surface area contributed by atoms with E-state index < -0.39 is 17.6 Å². The molecule has 1 aliphatic carbocycles. The lowest BCUT2D eigenvalue weighted by Gasteiger charge is -2.33. The lowest BCUT2D eigenvalue weighted by Crippen LogP contribution is -2.44. The lowest BCUT2D eigenvalue weighted by atomic mass is 9.94. The Bertz CT molecular complexity index is 1350. The van der Waals surface area contributed by atoms with Crippen LogP contribution in [0.5, 0.6) is 0 Å². The van der Waals surface area contributed by atoms with Crippen LogP contribution in [0.1, 0.15) is 47.4 Å². The molecule has 0 N–H and O–H groups in total. The maximum absolute atomic E-state index is 13.7. The summed E-state index contributed by atoms with van der Waals surface area (Å²) in [4.78, 5) is 15.0. The number of benzene rings is 3. The van der Waals surface area contributed by atoms with E-state index >= 15 is 0 Å². The lowest BCUT2D eigenvalue weighted by molar-refractivity contribution is -0.140. The van der Waals surface area contributed by atoms with Gasteiger partial charge in [0, 0.05) is 12.0 Å². The maximum atomic E-state index is 13.7. The average Bonchev–Trinajstić information content (AvgIpc) is 3.34. The van der Waals surface area contributed by atoms with E-state index in [0.717, 1.165) is 41.7 Å². The van der Waals surface area contributed by atoms with Crippen molar-refractivity contribution in [3.05, 3.63) is 106 Å². The molecule has 2 atom stereocenters. The Morgan fingerprint density at radius 3 is 2.27 bits per heavy atom. The van der Waals surface area contributed by atoms with Crippen molar-refractivity contribution in [3.8, 4) is 11.1 Å². The highest BCUT2D eigenvalue weighted by Gasteiger charge is 2.41. The minimum absolute atomic E-state index is 0.0220. The van der Waals surface area contributed by atoms with Gasteiger partial charge in [0.05, 0.1) is 11.6 Å². The third-order valence-corrected chi connectivity index (χ3v) is 7.79. The van der Waals surface area contributed by atoms with Gasteiger partial charge in [-0.15, -0.1) is 0 Å². The monoisotopic (exact) mass is 507 g/mol. The van der Waals surface area contributed by atoms with Crippen LogP contribution >= 0.6 is 0 Å². The van der Waals surface area contributed by atoms with E-state index in [-0.39, 0.29) is 30.7 Å². The molecule has 7 heteroatoms. The predicted octanol–water partition coefficient (Wildman–Crippen LogP) is 7.50. The van der Waals surface area contributed by atoms with E-state index in [4.69, 9.17) is 4.74 Å². The van der Waals surface area contributed by atoms with Crippen molar-refractivity contribution in [2.75, 3.05) is 6.61 Å².